The Bertz CT molecular complexity index is 428. The Labute approximate surface area is 117 Å². The average Bonchev–Trinajstić information content (AvgIpc) is 2.85. The second-order valence-electron chi connectivity index (χ2n) is 5.55. The first-order chi connectivity index (χ1) is 9.40. The molecule has 0 radical (unpaired) electrons. The molecule has 1 aliphatic rings. The number of alkyl halides is 3. The van der Waals surface area contributed by atoms with Gasteiger partial charge in [-0.15, -0.1) is 0 Å². The number of likely N-dealkylation sites (tertiary alicyclic amines) is 1. The van der Waals surface area contributed by atoms with Gasteiger partial charge in [-0.05, 0) is 36.6 Å². The molecule has 0 saturated carbocycles. The summed E-state index contributed by atoms with van der Waals surface area (Å²) in [6, 6.07) is 4.96. The third kappa shape index (κ3) is 3.73. The molecule has 1 fully saturated rings. The van der Waals surface area contributed by atoms with Gasteiger partial charge < -0.3 is 10.6 Å². The Morgan fingerprint density at radius 3 is 2.45 bits per heavy atom. The van der Waals surface area contributed by atoms with Crippen molar-refractivity contribution in [2.24, 2.45) is 11.7 Å². The van der Waals surface area contributed by atoms with E-state index >= 15 is 0 Å². The largest absolute Gasteiger partial charge is 0.416 e. The van der Waals surface area contributed by atoms with E-state index in [4.69, 9.17) is 5.73 Å². The smallest absolute Gasteiger partial charge is 0.323 e. The molecule has 2 N–H and O–H groups in total. The van der Waals surface area contributed by atoms with Crippen LogP contribution in [0, 0.1) is 5.92 Å². The van der Waals surface area contributed by atoms with Gasteiger partial charge in [0.25, 0.3) is 0 Å². The topological polar surface area (TPSA) is 29.3 Å². The van der Waals surface area contributed by atoms with Gasteiger partial charge in [0.2, 0.25) is 0 Å². The fraction of sp³-hybridized carbons (Fsp3) is 0.600. The van der Waals surface area contributed by atoms with Crippen LogP contribution in [0.5, 0.6) is 0 Å². The molecule has 0 aromatic heterocycles. The summed E-state index contributed by atoms with van der Waals surface area (Å²) in [5, 5.41) is 0. The fourth-order valence-electron chi connectivity index (χ4n) is 2.71. The first-order valence-electron chi connectivity index (χ1n) is 7.05. The molecule has 20 heavy (non-hydrogen) atoms. The number of hydrogen-bond acceptors (Lipinski definition) is 2. The summed E-state index contributed by atoms with van der Waals surface area (Å²) in [7, 11) is 0. The quantitative estimate of drug-likeness (QED) is 0.918. The van der Waals surface area contributed by atoms with Crippen LogP contribution in [0.3, 0.4) is 0 Å². The molecule has 0 spiro atoms. The highest BCUT2D eigenvalue weighted by atomic mass is 19.4. The summed E-state index contributed by atoms with van der Waals surface area (Å²) < 4.78 is 37.5. The van der Waals surface area contributed by atoms with E-state index in [1.165, 1.54) is 25.0 Å². The summed E-state index contributed by atoms with van der Waals surface area (Å²) >= 11 is 0. The van der Waals surface area contributed by atoms with Gasteiger partial charge in [-0.3, -0.25) is 0 Å². The molecule has 2 atom stereocenters. The molecule has 112 valence electrons. The van der Waals surface area contributed by atoms with Crippen molar-refractivity contribution in [3.05, 3.63) is 35.4 Å². The average molecular weight is 286 g/mol. The van der Waals surface area contributed by atoms with Gasteiger partial charge in [-0.25, -0.2) is 0 Å². The van der Waals surface area contributed by atoms with Crippen molar-refractivity contribution in [2.75, 3.05) is 19.6 Å². The molecule has 1 aromatic rings. The van der Waals surface area contributed by atoms with Gasteiger partial charge in [0.15, 0.2) is 0 Å². The maximum atomic E-state index is 12.5. The van der Waals surface area contributed by atoms with Crippen LogP contribution < -0.4 is 5.73 Å². The first kappa shape index (κ1) is 15.3. The van der Waals surface area contributed by atoms with Crippen molar-refractivity contribution in [3.63, 3.8) is 0 Å². The molecule has 1 heterocycles. The first-order valence-corrected chi connectivity index (χ1v) is 7.05. The number of rotatable bonds is 4. The minimum atomic E-state index is -4.29. The Morgan fingerprint density at radius 1 is 1.30 bits per heavy atom. The highest BCUT2D eigenvalue weighted by Gasteiger charge is 2.30. The number of hydrogen-bond donors (Lipinski definition) is 1. The molecule has 1 aromatic carbocycles. The second kappa shape index (κ2) is 6.14. The van der Waals surface area contributed by atoms with Crippen molar-refractivity contribution in [1.82, 2.24) is 4.90 Å². The molecule has 5 heteroatoms. The van der Waals surface area contributed by atoms with Crippen LogP contribution in [-0.2, 0) is 6.18 Å². The van der Waals surface area contributed by atoms with Crippen LogP contribution in [0.1, 0.15) is 36.9 Å². The summed E-state index contributed by atoms with van der Waals surface area (Å²) in [6.07, 6.45) is -1.92. The van der Waals surface area contributed by atoms with E-state index in [0.717, 1.165) is 36.7 Å². The van der Waals surface area contributed by atoms with Gasteiger partial charge in [-0.2, -0.15) is 13.2 Å². The van der Waals surface area contributed by atoms with E-state index in [9.17, 15) is 13.2 Å². The maximum absolute atomic E-state index is 12.5. The van der Waals surface area contributed by atoms with Crippen LogP contribution in [0.4, 0.5) is 13.2 Å². The van der Waals surface area contributed by atoms with Gasteiger partial charge in [0, 0.05) is 19.1 Å². The second-order valence-corrected chi connectivity index (χ2v) is 5.55. The van der Waals surface area contributed by atoms with E-state index in [0.29, 0.717) is 6.54 Å². The molecule has 2 nitrogen and oxygen atoms in total. The van der Waals surface area contributed by atoms with E-state index in [1.807, 2.05) is 0 Å². The summed E-state index contributed by atoms with van der Waals surface area (Å²) in [5.74, 6) is 0.731. The molecular weight excluding hydrogens is 265 g/mol. The van der Waals surface area contributed by atoms with Crippen molar-refractivity contribution in [3.8, 4) is 0 Å². The molecular formula is C15H21F3N2. The minimum absolute atomic E-state index is 0.229. The minimum Gasteiger partial charge on any atom is -0.323 e. The van der Waals surface area contributed by atoms with E-state index in [1.54, 1.807) is 0 Å². The lowest BCUT2D eigenvalue weighted by atomic mass is 10.0. The van der Waals surface area contributed by atoms with Gasteiger partial charge in [0.05, 0.1) is 5.56 Å². The van der Waals surface area contributed by atoms with E-state index in [-0.39, 0.29) is 6.04 Å². The Balaban J connectivity index is 1.94. The summed E-state index contributed by atoms with van der Waals surface area (Å²) in [5.41, 5.74) is 6.24. The van der Waals surface area contributed by atoms with Gasteiger partial charge in [-0.1, -0.05) is 25.5 Å². The predicted octanol–water partition coefficient (Wildman–Crippen LogP) is 3.44. The van der Waals surface area contributed by atoms with Crippen LogP contribution in [-0.4, -0.2) is 24.5 Å². The van der Waals surface area contributed by atoms with E-state index in [2.05, 4.69) is 11.8 Å². The van der Waals surface area contributed by atoms with Crippen LogP contribution in [0.25, 0.3) is 0 Å². The summed E-state index contributed by atoms with van der Waals surface area (Å²) in [6.45, 7) is 4.98. The van der Waals surface area contributed by atoms with Crippen LogP contribution in [0.15, 0.2) is 24.3 Å². The Hall–Kier alpha value is -1.07. The fourth-order valence-corrected chi connectivity index (χ4v) is 2.71. The Kier molecular flexibility index (Phi) is 4.70. The monoisotopic (exact) mass is 286 g/mol. The van der Waals surface area contributed by atoms with Crippen molar-refractivity contribution in [2.45, 2.75) is 32.0 Å². The predicted molar refractivity (Wildman–Crippen MR) is 73.2 cm³/mol. The molecule has 2 rings (SSSR count). The third-order valence-corrected chi connectivity index (χ3v) is 4.07. The SMILES string of the molecule is CCC1CCN(CC(N)c2ccc(C(F)(F)F)cc2)C1. The zero-order valence-electron chi connectivity index (χ0n) is 11.7. The lowest BCUT2D eigenvalue weighted by molar-refractivity contribution is -0.137. The normalized spacial score (nSPS) is 22.1. The maximum Gasteiger partial charge on any atom is 0.416 e. The molecule has 0 amide bonds. The van der Waals surface area contributed by atoms with Crippen molar-refractivity contribution < 1.29 is 13.2 Å². The van der Waals surface area contributed by atoms with Crippen molar-refractivity contribution in [1.29, 1.82) is 0 Å². The number of nitrogens with zero attached hydrogens (tertiary/aromatic N) is 1. The lowest BCUT2D eigenvalue weighted by Gasteiger charge is -2.21. The number of halogens is 3. The zero-order chi connectivity index (χ0) is 14.8. The van der Waals surface area contributed by atoms with Gasteiger partial charge in [0.1, 0.15) is 0 Å². The standard InChI is InChI=1S/C15H21F3N2/c1-2-11-7-8-20(9-11)10-14(19)12-3-5-13(6-4-12)15(16,17)18/h3-6,11,14H,2,7-10,19H2,1H3. The highest BCUT2D eigenvalue weighted by molar-refractivity contribution is 5.26. The van der Waals surface area contributed by atoms with Crippen molar-refractivity contribution >= 4 is 0 Å². The number of benzene rings is 1. The molecule has 1 aliphatic heterocycles. The third-order valence-electron chi connectivity index (χ3n) is 4.07. The molecule has 1 saturated heterocycles. The molecule has 2 unspecified atom stereocenters. The number of nitrogens with two attached hydrogens (primary N) is 1. The zero-order valence-corrected chi connectivity index (χ0v) is 11.7. The van der Waals surface area contributed by atoms with Crippen LogP contribution >= 0.6 is 0 Å². The Morgan fingerprint density at radius 2 is 1.95 bits per heavy atom. The van der Waals surface area contributed by atoms with E-state index < -0.39 is 11.7 Å². The molecule has 0 bridgehead atoms. The molecule has 0 aliphatic carbocycles. The highest BCUT2D eigenvalue weighted by Crippen LogP contribution is 2.30. The summed E-state index contributed by atoms with van der Waals surface area (Å²) in [4.78, 5) is 2.30. The van der Waals surface area contributed by atoms with Gasteiger partial charge >= 0.3 is 6.18 Å². The lowest BCUT2D eigenvalue weighted by Crippen LogP contribution is -2.30. The van der Waals surface area contributed by atoms with Crippen LogP contribution in [0.2, 0.25) is 0 Å².